The number of unbranched alkanes of at least 4 members (excludes halogenated alkanes) is 3. The number of anilines is 3. The molecule has 0 saturated carbocycles. The molecule has 0 aliphatic heterocycles. The molecule has 84 heavy (non-hydrogen) atoms. The number of halogens is 3. The van der Waals surface area contributed by atoms with Crippen LogP contribution in [-0.4, -0.2) is 59.1 Å². The Balaban J connectivity index is 0.000000284. The molecule has 0 saturated heterocycles. The van der Waals surface area contributed by atoms with Gasteiger partial charge < -0.3 is 25.8 Å². The summed E-state index contributed by atoms with van der Waals surface area (Å²) in [7, 11) is 0. The minimum Gasteiger partial charge on any atom is -0.753 e. The molecule has 0 aliphatic rings. The van der Waals surface area contributed by atoms with Gasteiger partial charge >= 0.3 is 37.6 Å². The molecule has 19 heteroatoms. The molecule has 4 N–H and O–H groups in total. The zero-order chi connectivity index (χ0) is 58.9. The molecule has 0 atom stereocenters. The number of nitrogens with zero attached hydrogens (tertiary/aromatic N) is 6. The van der Waals surface area contributed by atoms with E-state index in [0.29, 0.717) is 29.0 Å². The number of furan rings is 1. The van der Waals surface area contributed by atoms with E-state index in [1.54, 1.807) is 41.8 Å². The summed E-state index contributed by atoms with van der Waals surface area (Å²) in [4.78, 5) is 44.2. The van der Waals surface area contributed by atoms with Crippen molar-refractivity contribution in [2.24, 2.45) is 0 Å². The van der Waals surface area contributed by atoms with E-state index in [1.165, 1.54) is 66.6 Å². The molecule has 13 nitrogen and oxygen atoms in total. The fraction of sp³-hybridized carbons (Fsp3) is 0.108. The maximum Gasteiger partial charge on any atom is 2.00 e. The van der Waals surface area contributed by atoms with E-state index < -0.39 is 29.5 Å². The van der Waals surface area contributed by atoms with Gasteiger partial charge in [0, 0.05) is 52.2 Å². The van der Waals surface area contributed by atoms with Gasteiger partial charge in [0.15, 0.2) is 0 Å². The molecule has 0 radical (unpaired) electrons. The molecule has 10 rings (SSSR count). The first-order valence-corrected chi connectivity index (χ1v) is 27.2. The van der Waals surface area contributed by atoms with Crippen LogP contribution in [0.25, 0.3) is 83.6 Å². The van der Waals surface area contributed by atoms with E-state index in [9.17, 15) is 33.0 Å². The van der Waals surface area contributed by atoms with Crippen molar-refractivity contribution < 1.29 is 56.9 Å². The molecule has 422 valence electrons. The van der Waals surface area contributed by atoms with E-state index in [4.69, 9.17) is 21.0 Å². The van der Waals surface area contributed by atoms with Crippen molar-refractivity contribution in [2.75, 3.05) is 4.90 Å². The van der Waals surface area contributed by atoms with Crippen LogP contribution < -0.4 is 4.90 Å². The quantitative estimate of drug-likeness (QED) is 0.0318. The number of isothiocyanates is 1. The number of carboxylic acid groups (broad SMARTS) is 2. The third-order valence-corrected chi connectivity index (χ3v) is 13.9. The molecule has 0 spiro atoms. The zero-order valence-corrected chi connectivity index (χ0v) is 48.1. The molecule has 0 amide bonds. The molecule has 4 aromatic carbocycles. The third kappa shape index (κ3) is 16.2. The number of nitrogens with one attached hydrogen (secondary N) is 2. The summed E-state index contributed by atoms with van der Waals surface area (Å²) in [5.41, 5.74) is 16.0. The van der Waals surface area contributed by atoms with Crippen molar-refractivity contribution in [3.05, 3.63) is 239 Å². The summed E-state index contributed by atoms with van der Waals surface area (Å²) in [5, 5.41) is 36.9. The normalized spacial score (nSPS) is 10.9. The van der Waals surface area contributed by atoms with Gasteiger partial charge in [-0.25, -0.2) is 14.6 Å². The summed E-state index contributed by atoms with van der Waals surface area (Å²) in [5.74, 6) is -1.16. The van der Waals surface area contributed by atoms with Crippen LogP contribution in [0.4, 0.5) is 30.4 Å². The van der Waals surface area contributed by atoms with Crippen molar-refractivity contribution in [1.82, 2.24) is 19.9 Å². The average molecular weight is 1250 g/mol. The van der Waals surface area contributed by atoms with Gasteiger partial charge in [0.2, 0.25) is 5.88 Å². The Morgan fingerprint density at radius 2 is 1.19 bits per heavy atom. The number of carboxylic acids is 2. The summed E-state index contributed by atoms with van der Waals surface area (Å²) < 4.78 is 44.0. The van der Waals surface area contributed by atoms with Crippen LogP contribution in [-0.2, 0) is 25.9 Å². The number of aromatic nitrogens is 4. The topological polar surface area (TPSA) is 212 Å². The maximum absolute atomic E-state index is 12.5. The van der Waals surface area contributed by atoms with Crippen LogP contribution in [0.5, 0.6) is 0 Å². The Morgan fingerprint density at radius 1 is 0.667 bits per heavy atom. The van der Waals surface area contributed by atoms with E-state index >= 15 is 0 Å². The number of benzene rings is 4. The van der Waals surface area contributed by atoms with Crippen LogP contribution in [0.3, 0.4) is 0 Å². The first-order valence-electron chi connectivity index (χ1n) is 25.9. The van der Waals surface area contributed by atoms with Gasteiger partial charge in [-0.2, -0.15) is 18.3 Å². The number of carbonyl (C=O) groups is 2. The zero-order valence-electron chi connectivity index (χ0n) is 44.8. The molecule has 0 fully saturated rings. The molecular weight excluding hydrogens is 1190 g/mol. The third-order valence-electron chi connectivity index (χ3n) is 12.9. The minimum atomic E-state index is -4.76. The van der Waals surface area contributed by atoms with Gasteiger partial charge in [0.1, 0.15) is 11.5 Å². The van der Waals surface area contributed by atoms with Crippen LogP contribution in [0.15, 0.2) is 210 Å². The number of alkyl halides is 3. The summed E-state index contributed by atoms with van der Waals surface area (Å²) in [6.07, 6.45) is 5.78. The van der Waals surface area contributed by atoms with Crippen LogP contribution in [0.1, 0.15) is 64.6 Å². The minimum absolute atomic E-state index is 0. The Kier molecular flexibility index (Phi) is 21.9. The number of rotatable bonds is 18. The van der Waals surface area contributed by atoms with E-state index in [-0.39, 0.29) is 53.4 Å². The number of aryl methyl sites for hydroxylation is 1. The number of hydrogen-bond acceptors (Lipinski definition) is 11. The molecule has 10 aromatic rings. The largest absolute Gasteiger partial charge is 2.00 e. The van der Waals surface area contributed by atoms with Crippen molar-refractivity contribution in [3.63, 3.8) is 0 Å². The first kappa shape index (κ1) is 62.2. The van der Waals surface area contributed by atoms with Crippen molar-refractivity contribution >= 4 is 69.3 Å². The fourth-order valence-corrected chi connectivity index (χ4v) is 9.72. The number of pyridine rings is 4. The predicted molar refractivity (Wildman–Crippen MR) is 325 cm³/mol. The van der Waals surface area contributed by atoms with E-state index in [0.717, 1.165) is 56.9 Å². The van der Waals surface area contributed by atoms with E-state index in [1.807, 2.05) is 53.9 Å². The molecule has 6 aromatic heterocycles. The molecular formula is C65H51F3N8O5RuS2. The molecule has 0 unspecified atom stereocenters. The molecule has 0 aliphatic carbocycles. The second kappa shape index (κ2) is 29.6. The predicted octanol–water partition coefficient (Wildman–Crippen LogP) is 18.2. The fourth-order valence-electron chi connectivity index (χ4n) is 8.76. The van der Waals surface area contributed by atoms with Crippen LogP contribution >= 0.6 is 23.6 Å². The summed E-state index contributed by atoms with van der Waals surface area (Å²) >= 11 is 5.27. The van der Waals surface area contributed by atoms with Gasteiger partial charge in [-0.05, 0) is 143 Å². The van der Waals surface area contributed by atoms with Gasteiger partial charge in [-0.1, -0.05) is 123 Å². The van der Waals surface area contributed by atoms with Gasteiger partial charge in [0.25, 0.3) is 0 Å². The summed E-state index contributed by atoms with van der Waals surface area (Å²) in [6.45, 7) is 2.17. The molecule has 0 bridgehead atoms. The Morgan fingerprint density at radius 3 is 1.75 bits per heavy atom. The van der Waals surface area contributed by atoms with Gasteiger partial charge in [-0.15, -0.1) is 17.0 Å². The van der Waals surface area contributed by atoms with Crippen molar-refractivity contribution in [1.29, 1.82) is 5.41 Å². The first-order chi connectivity index (χ1) is 40.1. The smallest absolute Gasteiger partial charge is 0.753 e. The maximum atomic E-state index is 12.5. The van der Waals surface area contributed by atoms with Crippen molar-refractivity contribution in [2.45, 2.75) is 45.2 Å². The number of hydrogen-bond donors (Lipinski definition) is 3. The van der Waals surface area contributed by atoms with E-state index in [2.05, 4.69) is 123 Å². The van der Waals surface area contributed by atoms with Crippen LogP contribution in [0, 0.1) is 5.41 Å². The second-order valence-electron chi connectivity index (χ2n) is 18.5. The Hall–Kier alpha value is -9.38. The summed E-state index contributed by atoms with van der Waals surface area (Å²) in [6, 6.07) is 55.4. The number of allylic oxidation sites excluding steroid dienone is 1. The SMILES string of the molecule is CCCCCCc1ccsc1-c1ccnc(/C([NH-])=C/C(=N)C(F)(F)F)c1.O=C(O)c1ccnc(-c2cc(C(=O)O)cc(-c3cc(-c4ccc(N(c5ccc(-c6ccccc6)cc5)c5ccc(-c6ccccc6)cc5)o4)ccn3)n2)c1.[N-]=C=S.[Ru+2]. The number of thiophene rings is 1. The average Bonchev–Trinajstić information content (AvgIpc) is 4.13. The number of aromatic carboxylic acids is 2. The second-order valence-corrected chi connectivity index (χ2v) is 19.6. The van der Waals surface area contributed by atoms with Gasteiger partial charge in [0.05, 0.1) is 33.9 Å². The number of thiocarbonyl (C=S) groups is 1. The standard InChI is InChI=1S/C45H30N4O5.C19H21F3N3S.CNS.Ru/c50-44(51)34-22-24-47-39(26-34)41-28-35(45(52)53)27-40(48-41)38-25-33(21-23-46-38)42-19-20-43(54-42)49(36-15-11-31(12-16-36)29-7-3-1-4-8-29)37-17-13-32(14-18-37)30-9-5-2-6-10-30;1-2-3-4-5-6-13-8-10-26-18(13)14-7-9-25-16(11-14)15(23)12-17(24)19(20,21)22;2-1-3;/h1-28H,(H,50,51)(H,52,53);7-12,23-24H,2-6H2,1H3;;/q;2*-1;+2/b;15-12-,24-17?;;. The van der Waals surface area contributed by atoms with Crippen LogP contribution in [0.2, 0.25) is 0 Å². The monoisotopic (exact) mass is 1250 g/mol. The molecule has 6 heterocycles. The van der Waals surface area contributed by atoms with Gasteiger partial charge in [-0.3, -0.25) is 25.3 Å². The Labute approximate surface area is 504 Å². The van der Waals surface area contributed by atoms with Crippen molar-refractivity contribution in [3.8, 4) is 66.8 Å². The Bertz CT molecular complexity index is 3850.